The highest BCUT2D eigenvalue weighted by atomic mass is 127. The molecule has 4 unspecified atom stereocenters. The number of rotatable bonds is 6. The largest absolute Gasteiger partial charge is 0.320 e. The number of benzene rings is 3. The minimum atomic E-state index is -0.622. The van der Waals surface area contributed by atoms with E-state index in [1.807, 2.05) is 30.0 Å². The van der Waals surface area contributed by atoms with Crippen LogP contribution in [-0.4, -0.2) is 37.4 Å². The molecule has 3 nitrogen and oxygen atoms in total. The molecule has 2 fully saturated rings. The molecule has 0 aromatic heterocycles. The molecular weight excluding hydrogens is 527 g/mol. The summed E-state index contributed by atoms with van der Waals surface area (Å²) in [6.07, 6.45) is 0. The van der Waals surface area contributed by atoms with E-state index in [0.717, 1.165) is 21.1 Å². The number of halogens is 1. The van der Waals surface area contributed by atoms with Crippen molar-refractivity contribution in [2.24, 2.45) is 0 Å². The van der Waals surface area contributed by atoms with Crippen LogP contribution in [0.5, 0.6) is 0 Å². The van der Waals surface area contributed by atoms with Gasteiger partial charge in [0.2, 0.25) is 5.91 Å². The number of carbonyl (C=O) groups is 1. The van der Waals surface area contributed by atoms with E-state index in [2.05, 4.69) is 119 Å². The second-order valence-electron chi connectivity index (χ2n) is 8.84. The number of alkyl halides is 1. The minimum Gasteiger partial charge on any atom is -0.320 e. The molecule has 32 heavy (non-hydrogen) atoms. The molecule has 2 heterocycles. The summed E-state index contributed by atoms with van der Waals surface area (Å²) in [7, 11) is 0. The monoisotopic (exact) mass is 554 g/mol. The van der Waals surface area contributed by atoms with Crippen LogP contribution < -0.4 is 5.32 Å². The third kappa shape index (κ3) is 3.24. The van der Waals surface area contributed by atoms with Gasteiger partial charge in [-0.1, -0.05) is 121 Å². The molecule has 0 aliphatic carbocycles. The normalized spacial score (nSPS) is 27.2. The van der Waals surface area contributed by atoms with E-state index in [1.165, 1.54) is 0 Å². The van der Waals surface area contributed by atoms with Crippen molar-refractivity contribution in [1.82, 2.24) is 10.2 Å². The molecule has 2 saturated heterocycles. The molecule has 1 amide bonds. The number of β-lactam (4-membered cyclic amide) rings is 1. The fourth-order valence-electron chi connectivity index (χ4n) is 5.05. The third-order valence-corrected chi connectivity index (χ3v) is 10.3. The lowest BCUT2D eigenvalue weighted by atomic mass is 9.75. The number of nitrogens with one attached hydrogen (secondary N) is 1. The molecule has 5 heteroatoms. The molecule has 2 aliphatic rings. The molecule has 0 bridgehead atoms. The first-order chi connectivity index (χ1) is 15.5. The topological polar surface area (TPSA) is 32.3 Å². The molecule has 1 N–H and O–H groups in total. The van der Waals surface area contributed by atoms with Crippen molar-refractivity contribution in [2.45, 2.75) is 41.6 Å². The molecule has 2 aliphatic heterocycles. The molecule has 0 saturated carbocycles. The van der Waals surface area contributed by atoms with E-state index in [9.17, 15) is 4.79 Å². The molecule has 5 rings (SSSR count). The van der Waals surface area contributed by atoms with Gasteiger partial charge in [-0.15, -0.1) is 11.8 Å². The van der Waals surface area contributed by atoms with E-state index in [-0.39, 0.29) is 22.9 Å². The Balaban J connectivity index is 1.65. The van der Waals surface area contributed by atoms with Crippen molar-refractivity contribution < 1.29 is 4.79 Å². The van der Waals surface area contributed by atoms with Gasteiger partial charge in [-0.05, 0) is 23.6 Å². The highest BCUT2D eigenvalue weighted by Gasteiger charge is 2.63. The number of carbonyl (C=O) groups excluding carboxylic acids is 1. The van der Waals surface area contributed by atoms with E-state index in [4.69, 9.17) is 0 Å². The van der Waals surface area contributed by atoms with Crippen molar-refractivity contribution in [3.63, 3.8) is 0 Å². The molecular formula is C27H27IN2OS. The van der Waals surface area contributed by atoms with Crippen LogP contribution in [0.15, 0.2) is 91.0 Å². The summed E-state index contributed by atoms with van der Waals surface area (Å²) in [6.45, 7) is 4.48. The van der Waals surface area contributed by atoms with Gasteiger partial charge in [0.15, 0.2) is 0 Å². The van der Waals surface area contributed by atoms with E-state index < -0.39 is 5.54 Å². The quantitative estimate of drug-likeness (QED) is 0.191. The van der Waals surface area contributed by atoms with Crippen LogP contribution in [0.25, 0.3) is 0 Å². The number of fused-ring (bicyclic) bond motifs is 1. The zero-order chi connectivity index (χ0) is 22.3. The van der Waals surface area contributed by atoms with Crippen molar-refractivity contribution in [1.29, 1.82) is 0 Å². The van der Waals surface area contributed by atoms with Crippen LogP contribution in [0.1, 0.15) is 30.5 Å². The summed E-state index contributed by atoms with van der Waals surface area (Å²) in [5.74, 6) is 0.207. The Morgan fingerprint density at radius 2 is 1.34 bits per heavy atom. The summed E-state index contributed by atoms with van der Waals surface area (Å²) < 4.78 is 0.940. The second-order valence-corrected chi connectivity index (χ2v) is 11.1. The molecule has 3 aromatic rings. The maximum absolute atomic E-state index is 13.6. The van der Waals surface area contributed by atoms with Gasteiger partial charge in [-0.25, -0.2) is 0 Å². The van der Waals surface area contributed by atoms with Crippen LogP contribution in [0.3, 0.4) is 0 Å². The average molecular weight is 554 g/mol. The van der Waals surface area contributed by atoms with Crippen LogP contribution >= 0.6 is 34.4 Å². The van der Waals surface area contributed by atoms with E-state index in [1.54, 1.807) is 0 Å². The lowest BCUT2D eigenvalue weighted by Crippen LogP contribution is -2.74. The number of amides is 1. The Morgan fingerprint density at radius 3 is 1.75 bits per heavy atom. The van der Waals surface area contributed by atoms with E-state index in [0.29, 0.717) is 5.25 Å². The first-order valence-electron chi connectivity index (χ1n) is 11.0. The fraction of sp³-hybridized carbons (Fsp3) is 0.296. The number of hydrogen-bond acceptors (Lipinski definition) is 3. The zero-order valence-electron chi connectivity index (χ0n) is 18.2. The highest BCUT2D eigenvalue weighted by molar-refractivity contribution is 14.1. The highest BCUT2D eigenvalue weighted by Crippen LogP contribution is 2.52. The first kappa shape index (κ1) is 22.0. The van der Waals surface area contributed by atoms with Gasteiger partial charge < -0.3 is 4.90 Å². The van der Waals surface area contributed by atoms with Crippen LogP contribution in [-0.2, 0) is 10.3 Å². The number of nitrogens with zero attached hydrogens (tertiary/aromatic N) is 1. The average Bonchev–Trinajstić information content (AvgIpc) is 3.09. The Morgan fingerprint density at radius 1 is 0.906 bits per heavy atom. The lowest BCUT2D eigenvalue weighted by Gasteiger charge is -2.52. The molecule has 0 radical (unpaired) electrons. The summed E-state index contributed by atoms with van der Waals surface area (Å²) >= 11 is 4.35. The molecule has 3 aromatic carbocycles. The van der Waals surface area contributed by atoms with Gasteiger partial charge in [-0.2, -0.15) is 0 Å². The molecule has 4 atom stereocenters. The van der Waals surface area contributed by atoms with E-state index >= 15 is 0 Å². The first-order valence-corrected chi connectivity index (χ1v) is 13.5. The molecule has 164 valence electrons. The van der Waals surface area contributed by atoms with Gasteiger partial charge in [0.05, 0.1) is 11.1 Å². The number of thioether (sulfide) groups is 1. The van der Waals surface area contributed by atoms with Crippen molar-refractivity contribution in [2.75, 3.05) is 4.43 Å². The standard InChI is InChI=1S/C27H27IN2OS/c1-19-26(2,18-28)30-24(31)23(25(30)32-19)29-27(20-12-6-3-7-13-20,21-14-8-4-9-15-21)22-16-10-5-11-17-22/h3-17,19,23,25,29H,18H2,1-2H3. The number of hydrogen-bond donors (Lipinski definition) is 1. The Hall–Kier alpha value is -1.83. The fourth-order valence-corrected chi connectivity index (χ4v) is 8.09. The minimum absolute atomic E-state index is 0.0972. The SMILES string of the molecule is CC1SC2C(NC(c3ccccc3)(c3ccccc3)c3ccccc3)C(=O)N2C1(C)CI. The predicted molar refractivity (Wildman–Crippen MR) is 141 cm³/mol. The Labute approximate surface area is 208 Å². The maximum Gasteiger partial charge on any atom is 0.244 e. The Kier molecular flexibility index (Phi) is 5.84. The molecule has 0 spiro atoms. The Bertz CT molecular complexity index is 998. The summed E-state index contributed by atoms with van der Waals surface area (Å²) in [6, 6.07) is 31.3. The van der Waals surface area contributed by atoms with Crippen LogP contribution in [0, 0.1) is 0 Å². The summed E-state index contributed by atoms with van der Waals surface area (Å²) in [5, 5.41) is 4.45. The second kappa shape index (κ2) is 8.50. The van der Waals surface area contributed by atoms with Gasteiger partial charge in [-0.3, -0.25) is 10.1 Å². The van der Waals surface area contributed by atoms with Gasteiger partial charge in [0, 0.05) is 9.68 Å². The van der Waals surface area contributed by atoms with Crippen molar-refractivity contribution >= 4 is 40.3 Å². The lowest BCUT2D eigenvalue weighted by molar-refractivity contribution is -0.152. The van der Waals surface area contributed by atoms with Crippen LogP contribution in [0.2, 0.25) is 0 Å². The maximum atomic E-state index is 13.6. The van der Waals surface area contributed by atoms with Gasteiger partial charge >= 0.3 is 0 Å². The van der Waals surface area contributed by atoms with Gasteiger partial charge in [0.25, 0.3) is 0 Å². The van der Waals surface area contributed by atoms with Crippen LogP contribution in [0.4, 0.5) is 0 Å². The summed E-state index contributed by atoms with van der Waals surface area (Å²) in [4.78, 5) is 15.7. The smallest absolute Gasteiger partial charge is 0.244 e. The van der Waals surface area contributed by atoms with Crippen molar-refractivity contribution in [3.05, 3.63) is 108 Å². The van der Waals surface area contributed by atoms with Crippen molar-refractivity contribution in [3.8, 4) is 0 Å². The third-order valence-electron chi connectivity index (χ3n) is 7.08. The predicted octanol–water partition coefficient (Wildman–Crippen LogP) is 5.43. The summed E-state index contributed by atoms with van der Waals surface area (Å²) in [5.41, 5.74) is 2.69. The van der Waals surface area contributed by atoms with Gasteiger partial charge in [0.1, 0.15) is 11.4 Å². The zero-order valence-corrected chi connectivity index (χ0v) is 21.2.